The van der Waals surface area contributed by atoms with E-state index < -0.39 is 0 Å². The number of likely N-dealkylation sites (N-methyl/N-ethyl adjacent to an activating group) is 1. The van der Waals surface area contributed by atoms with Gasteiger partial charge in [-0.05, 0) is 43.8 Å². The topological polar surface area (TPSA) is 54.7 Å². The van der Waals surface area contributed by atoms with E-state index in [1.54, 1.807) is 13.0 Å². The van der Waals surface area contributed by atoms with E-state index in [0.29, 0.717) is 11.4 Å². The standard InChI is InChI=1S/C14H13N3O2S/c1-3-16-13(18)11(20-14(16)19)8-10-9(2)15-12-6-4-5-7-17(10)12/h4-8H,3H2,1-2H3/b11-8+. The molecule has 3 heterocycles. The van der Waals surface area contributed by atoms with E-state index in [1.165, 1.54) is 4.90 Å². The lowest BCUT2D eigenvalue weighted by Crippen LogP contribution is -2.27. The second-order valence-electron chi connectivity index (χ2n) is 4.44. The predicted octanol–water partition coefficient (Wildman–Crippen LogP) is 2.70. The summed E-state index contributed by atoms with van der Waals surface area (Å²) >= 11 is 0.979. The number of nitrogens with zero attached hydrogens (tertiary/aromatic N) is 3. The first kappa shape index (κ1) is 12.9. The third-order valence-corrected chi connectivity index (χ3v) is 4.12. The fraction of sp³-hybridized carbons (Fsp3) is 0.214. The highest BCUT2D eigenvalue weighted by atomic mass is 32.2. The van der Waals surface area contributed by atoms with Gasteiger partial charge in [0.1, 0.15) is 5.65 Å². The third kappa shape index (κ3) is 1.92. The van der Waals surface area contributed by atoms with Gasteiger partial charge in [0.05, 0.1) is 16.3 Å². The van der Waals surface area contributed by atoms with Crippen LogP contribution in [0.25, 0.3) is 11.7 Å². The number of aryl methyl sites for hydroxylation is 1. The molecule has 0 radical (unpaired) electrons. The van der Waals surface area contributed by atoms with Crippen molar-refractivity contribution in [1.29, 1.82) is 0 Å². The molecule has 1 saturated heterocycles. The molecule has 102 valence electrons. The van der Waals surface area contributed by atoms with Gasteiger partial charge in [0.15, 0.2) is 0 Å². The highest BCUT2D eigenvalue weighted by Gasteiger charge is 2.34. The molecule has 1 aliphatic heterocycles. The van der Waals surface area contributed by atoms with E-state index in [1.807, 2.05) is 35.7 Å². The van der Waals surface area contributed by atoms with Crippen LogP contribution >= 0.6 is 11.8 Å². The molecule has 0 N–H and O–H groups in total. The number of carbonyl (C=O) groups excluding carboxylic acids is 2. The number of imidazole rings is 1. The molecule has 0 atom stereocenters. The Bertz CT molecular complexity index is 748. The Kier molecular flexibility index (Phi) is 3.10. The van der Waals surface area contributed by atoms with Gasteiger partial charge < -0.3 is 0 Å². The molecule has 0 aromatic carbocycles. The number of thioether (sulfide) groups is 1. The Morgan fingerprint density at radius 3 is 2.85 bits per heavy atom. The monoisotopic (exact) mass is 287 g/mol. The largest absolute Gasteiger partial charge is 0.300 e. The van der Waals surface area contributed by atoms with Crippen LogP contribution < -0.4 is 0 Å². The van der Waals surface area contributed by atoms with Crippen molar-refractivity contribution in [1.82, 2.24) is 14.3 Å². The van der Waals surface area contributed by atoms with Gasteiger partial charge in [0.25, 0.3) is 11.1 Å². The maximum Gasteiger partial charge on any atom is 0.293 e. The van der Waals surface area contributed by atoms with Gasteiger partial charge in [0, 0.05) is 12.7 Å². The zero-order valence-corrected chi connectivity index (χ0v) is 12.0. The lowest BCUT2D eigenvalue weighted by molar-refractivity contribution is -0.122. The van der Waals surface area contributed by atoms with Crippen LogP contribution in [0.15, 0.2) is 29.3 Å². The lowest BCUT2D eigenvalue weighted by Gasteiger charge is -2.07. The average molecular weight is 287 g/mol. The number of hydrogen-bond donors (Lipinski definition) is 0. The van der Waals surface area contributed by atoms with Crippen molar-refractivity contribution < 1.29 is 9.59 Å². The number of fused-ring (bicyclic) bond motifs is 1. The number of pyridine rings is 1. The molecular weight excluding hydrogens is 274 g/mol. The highest BCUT2D eigenvalue weighted by molar-refractivity contribution is 8.18. The lowest BCUT2D eigenvalue weighted by atomic mass is 10.3. The van der Waals surface area contributed by atoms with Crippen LogP contribution in [0, 0.1) is 6.92 Å². The number of amides is 2. The minimum atomic E-state index is -0.229. The Balaban J connectivity index is 2.09. The normalized spacial score (nSPS) is 17.7. The van der Waals surface area contributed by atoms with Crippen LogP contribution in [0.4, 0.5) is 4.79 Å². The first-order chi connectivity index (χ1) is 9.61. The molecule has 2 amide bonds. The van der Waals surface area contributed by atoms with Crippen molar-refractivity contribution >= 4 is 34.6 Å². The molecular formula is C14H13N3O2S. The van der Waals surface area contributed by atoms with Crippen LogP contribution in [-0.4, -0.2) is 32.0 Å². The summed E-state index contributed by atoms with van der Waals surface area (Å²) in [5, 5.41) is -0.213. The zero-order chi connectivity index (χ0) is 14.3. The summed E-state index contributed by atoms with van der Waals surface area (Å²) in [6.45, 7) is 4.08. The number of carbonyl (C=O) groups is 2. The Morgan fingerprint density at radius 2 is 2.15 bits per heavy atom. The maximum atomic E-state index is 12.1. The van der Waals surface area contributed by atoms with E-state index in [0.717, 1.165) is 28.8 Å². The minimum Gasteiger partial charge on any atom is -0.300 e. The molecule has 3 rings (SSSR count). The molecule has 0 saturated carbocycles. The van der Waals surface area contributed by atoms with Crippen LogP contribution in [0.5, 0.6) is 0 Å². The molecule has 1 fully saturated rings. The Hall–Kier alpha value is -2.08. The van der Waals surface area contributed by atoms with Gasteiger partial charge in [-0.25, -0.2) is 4.98 Å². The molecule has 0 unspecified atom stereocenters. The van der Waals surface area contributed by atoms with Crippen molar-refractivity contribution in [3.8, 4) is 0 Å². The second kappa shape index (κ2) is 4.79. The number of hydrogen-bond acceptors (Lipinski definition) is 4. The highest BCUT2D eigenvalue weighted by Crippen LogP contribution is 2.32. The van der Waals surface area contributed by atoms with Crippen LogP contribution in [0.3, 0.4) is 0 Å². The van der Waals surface area contributed by atoms with E-state index in [-0.39, 0.29) is 11.1 Å². The van der Waals surface area contributed by atoms with Gasteiger partial charge in [-0.3, -0.25) is 18.9 Å². The summed E-state index contributed by atoms with van der Waals surface area (Å²) < 4.78 is 1.91. The third-order valence-electron chi connectivity index (χ3n) is 3.21. The van der Waals surface area contributed by atoms with E-state index >= 15 is 0 Å². The van der Waals surface area contributed by atoms with E-state index in [4.69, 9.17) is 0 Å². The Morgan fingerprint density at radius 1 is 1.35 bits per heavy atom. The molecule has 6 heteroatoms. The van der Waals surface area contributed by atoms with Crippen molar-refractivity contribution in [3.05, 3.63) is 40.7 Å². The summed E-state index contributed by atoms with van der Waals surface area (Å²) in [5.74, 6) is -0.229. The minimum absolute atomic E-state index is 0.213. The predicted molar refractivity (Wildman–Crippen MR) is 78.3 cm³/mol. The summed E-state index contributed by atoms with van der Waals surface area (Å²) in [5.41, 5.74) is 2.49. The molecule has 20 heavy (non-hydrogen) atoms. The van der Waals surface area contributed by atoms with Gasteiger partial charge in [-0.15, -0.1) is 0 Å². The van der Waals surface area contributed by atoms with E-state index in [2.05, 4.69) is 4.98 Å². The van der Waals surface area contributed by atoms with Crippen LogP contribution in [0.1, 0.15) is 18.3 Å². The summed E-state index contributed by atoms with van der Waals surface area (Å²) in [6, 6.07) is 5.72. The van der Waals surface area contributed by atoms with Gasteiger partial charge in [-0.1, -0.05) is 6.07 Å². The number of rotatable bonds is 2. The van der Waals surface area contributed by atoms with E-state index in [9.17, 15) is 9.59 Å². The van der Waals surface area contributed by atoms with Gasteiger partial charge >= 0.3 is 0 Å². The summed E-state index contributed by atoms with van der Waals surface area (Å²) in [6.07, 6.45) is 3.64. The average Bonchev–Trinajstić information content (AvgIpc) is 2.88. The molecule has 0 aliphatic carbocycles. The van der Waals surface area contributed by atoms with Crippen molar-refractivity contribution in [2.75, 3.05) is 6.54 Å². The molecule has 2 aromatic heterocycles. The second-order valence-corrected chi connectivity index (χ2v) is 5.43. The molecule has 0 bridgehead atoms. The molecule has 1 aliphatic rings. The first-order valence-electron chi connectivity index (χ1n) is 6.31. The quantitative estimate of drug-likeness (QED) is 0.797. The maximum absolute atomic E-state index is 12.1. The number of imide groups is 1. The summed E-state index contributed by atoms with van der Waals surface area (Å²) in [4.78, 5) is 29.9. The van der Waals surface area contributed by atoms with Crippen molar-refractivity contribution in [3.63, 3.8) is 0 Å². The number of aromatic nitrogens is 2. The van der Waals surface area contributed by atoms with Gasteiger partial charge in [0.2, 0.25) is 0 Å². The van der Waals surface area contributed by atoms with Crippen LogP contribution in [-0.2, 0) is 4.79 Å². The summed E-state index contributed by atoms with van der Waals surface area (Å²) in [7, 11) is 0. The zero-order valence-electron chi connectivity index (χ0n) is 11.2. The first-order valence-corrected chi connectivity index (χ1v) is 7.12. The fourth-order valence-electron chi connectivity index (χ4n) is 2.20. The van der Waals surface area contributed by atoms with Crippen molar-refractivity contribution in [2.24, 2.45) is 0 Å². The molecule has 5 nitrogen and oxygen atoms in total. The smallest absolute Gasteiger partial charge is 0.293 e. The van der Waals surface area contributed by atoms with Crippen molar-refractivity contribution in [2.45, 2.75) is 13.8 Å². The SMILES string of the molecule is CCN1C(=O)S/C(=C/c2c(C)nc3ccccn23)C1=O. The Labute approximate surface area is 120 Å². The molecule has 0 spiro atoms. The fourth-order valence-corrected chi connectivity index (χ4v) is 3.08. The molecule has 2 aromatic rings. The van der Waals surface area contributed by atoms with Gasteiger partial charge in [-0.2, -0.15) is 0 Å². The van der Waals surface area contributed by atoms with Crippen LogP contribution in [0.2, 0.25) is 0 Å².